The van der Waals surface area contributed by atoms with Crippen molar-refractivity contribution in [2.45, 2.75) is 12.6 Å². The van der Waals surface area contributed by atoms with Gasteiger partial charge in [0.25, 0.3) is 0 Å². The molecule has 29 heavy (non-hydrogen) atoms. The van der Waals surface area contributed by atoms with Crippen molar-refractivity contribution in [3.63, 3.8) is 0 Å². The minimum Gasteiger partial charge on any atom is -0.324 e. The van der Waals surface area contributed by atoms with Crippen LogP contribution in [0.2, 0.25) is 5.02 Å². The van der Waals surface area contributed by atoms with Crippen molar-refractivity contribution in [3.8, 4) is 11.1 Å². The average Bonchev–Trinajstić information content (AvgIpc) is 2.85. The van der Waals surface area contributed by atoms with Gasteiger partial charge in [-0.3, -0.25) is 14.8 Å². The van der Waals surface area contributed by atoms with E-state index in [2.05, 4.69) is 15.3 Å². The van der Waals surface area contributed by atoms with Gasteiger partial charge in [-0.15, -0.1) is 0 Å². The minimum atomic E-state index is -4.63. The molecule has 4 rings (SSSR count). The van der Waals surface area contributed by atoms with Crippen LogP contribution in [0.3, 0.4) is 0 Å². The Hall–Kier alpha value is -3.19. The lowest BCUT2D eigenvalue weighted by Crippen LogP contribution is -2.15. The van der Waals surface area contributed by atoms with Crippen LogP contribution in [0.5, 0.6) is 0 Å². The van der Waals surface area contributed by atoms with Crippen LogP contribution in [0, 0.1) is 0 Å². The lowest BCUT2D eigenvalue weighted by molar-refractivity contribution is -0.137. The first-order chi connectivity index (χ1) is 13.8. The molecule has 0 radical (unpaired) electrons. The van der Waals surface area contributed by atoms with Crippen LogP contribution in [-0.4, -0.2) is 16.6 Å². The molecule has 1 N–H and O–H groups in total. The molecule has 1 aliphatic rings. The largest absolute Gasteiger partial charge is 0.417 e. The number of rotatable bonds is 2. The van der Waals surface area contributed by atoms with Crippen molar-refractivity contribution < 1.29 is 18.0 Å². The normalized spacial score (nSPS) is 13.9. The number of pyridine rings is 1. The number of anilines is 1. The zero-order valence-corrected chi connectivity index (χ0v) is 15.6. The molecule has 2 heterocycles. The zero-order chi connectivity index (χ0) is 20.6. The zero-order valence-electron chi connectivity index (χ0n) is 14.8. The van der Waals surface area contributed by atoms with E-state index in [0.717, 1.165) is 23.3 Å². The second kappa shape index (κ2) is 7.33. The Balaban J connectivity index is 1.80. The fourth-order valence-electron chi connectivity index (χ4n) is 3.08. The summed E-state index contributed by atoms with van der Waals surface area (Å²) in [6, 6.07) is 13.0. The van der Waals surface area contributed by atoms with Crippen molar-refractivity contribution >= 4 is 34.6 Å². The number of alkyl halides is 3. The van der Waals surface area contributed by atoms with Crippen molar-refractivity contribution in [1.29, 1.82) is 0 Å². The fourth-order valence-corrected chi connectivity index (χ4v) is 3.35. The van der Waals surface area contributed by atoms with E-state index in [-0.39, 0.29) is 17.8 Å². The summed E-state index contributed by atoms with van der Waals surface area (Å²) in [7, 11) is 0. The molecular weight excluding hydrogens is 403 g/mol. The highest BCUT2D eigenvalue weighted by Gasteiger charge is 2.34. The molecule has 0 atom stereocenters. The Morgan fingerprint density at radius 1 is 1.00 bits per heavy atom. The van der Waals surface area contributed by atoms with Gasteiger partial charge >= 0.3 is 6.18 Å². The molecule has 2 aromatic carbocycles. The highest BCUT2D eigenvalue weighted by Crippen LogP contribution is 2.41. The summed E-state index contributed by atoms with van der Waals surface area (Å²) in [6.45, 7) is 0. The third-order valence-corrected chi connectivity index (χ3v) is 4.75. The molecule has 0 bridgehead atoms. The summed E-state index contributed by atoms with van der Waals surface area (Å²) in [6.07, 6.45) is -1.32. The summed E-state index contributed by atoms with van der Waals surface area (Å²) in [5.41, 5.74) is 2.03. The van der Waals surface area contributed by atoms with E-state index in [4.69, 9.17) is 11.6 Å². The molecule has 4 nitrogen and oxygen atoms in total. The number of hydrogen-bond acceptors (Lipinski definition) is 3. The van der Waals surface area contributed by atoms with Gasteiger partial charge in [-0.05, 0) is 35.4 Å². The first-order valence-electron chi connectivity index (χ1n) is 8.60. The van der Waals surface area contributed by atoms with E-state index in [1.807, 2.05) is 30.3 Å². The van der Waals surface area contributed by atoms with Gasteiger partial charge < -0.3 is 5.32 Å². The lowest BCUT2D eigenvalue weighted by atomic mass is 10.0. The van der Waals surface area contributed by atoms with Crippen LogP contribution in [0.15, 0.2) is 65.9 Å². The van der Waals surface area contributed by atoms with Crippen LogP contribution >= 0.6 is 11.6 Å². The number of nitrogens with one attached hydrogen (secondary N) is 1. The highest BCUT2D eigenvalue weighted by atomic mass is 35.5. The number of nitrogens with zero attached hydrogens (tertiary/aromatic N) is 2. The van der Waals surface area contributed by atoms with Gasteiger partial charge in [0.05, 0.1) is 34.1 Å². The molecule has 8 heteroatoms. The first kappa shape index (κ1) is 19.1. The van der Waals surface area contributed by atoms with Crippen LogP contribution in [0.25, 0.3) is 11.1 Å². The molecule has 0 aliphatic carbocycles. The number of fused-ring (bicyclic) bond motifs is 1. The number of benzene rings is 2. The van der Waals surface area contributed by atoms with Crippen LogP contribution < -0.4 is 5.32 Å². The number of carbonyl (C=O) groups excluding carboxylic acids is 1. The molecule has 1 amide bonds. The molecule has 1 aliphatic heterocycles. The number of aromatic nitrogens is 1. The fraction of sp³-hybridized carbons (Fsp3) is 0.0952. The summed E-state index contributed by atoms with van der Waals surface area (Å²) < 4.78 is 39.4. The summed E-state index contributed by atoms with van der Waals surface area (Å²) in [4.78, 5) is 20.9. The van der Waals surface area contributed by atoms with Crippen LogP contribution in [-0.2, 0) is 11.0 Å². The second-order valence-corrected chi connectivity index (χ2v) is 6.86. The molecule has 0 unspecified atom stereocenters. The molecule has 3 aromatic rings. The predicted molar refractivity (Wildman–Crippen MR) is 106 cm³/mol. The highest BCUT2D eigenvalue weighted by molar-refractivity contribution is 6.32. The number of aliphatic imine (C=N–C) groups is 1. The van der Waals surface area contributed by atoms with Crippen molar-refractivity contribution in [2.24, 2.45) is 4.99 Å². The van der Waals surface area contributed by atoms with Gasteiger partial charge in [-0.25, -0.2) is 0 Å². The molecule has 0 fully saturated rings. The van der Waals surface area contributed by atoms with Gasteiger partial charge in [-0.2, -0.15) is 13.2 Å². The van der Waals surface area contributed by atoms with Gasteiger partial charge in [0.15, 0.2) is 0 Å². The summed E-state index contributed by atoms with van der Waals surface area (Å²) in [5, 5.41) is 2.01. The average molecular weight is 416 g/mol. The number of amides is 1. The van der Waals surface area contributed by atoms with Crippen molar-refractivity contribution in [2.75, 3.05) is 5.32 Å². The maximum Gasteiger partial charge on any atom is 0.417 e. The SMILES string of the molecule is O=C1CC(c2cccc(-c3cccnc3)c2)=Nc2cc(Cl)c(C(F)(F)F)cc2N1. The van der Waals surface area contributed by atoms with Gasteiger partial charge in [0, 0.05) is 18.0 Å². The van der Waals surface area contributed by atoms with Crippen LogP contribution in [0.1, 0.15) is 17.5 Å². The third-order valence-electron chi connectivity index (χ3n) is 4.44. The molecule has 0 saturated carbocycles. The van der Waals surface area contributed by atoms with E-state index < -0.39 is 22.7 Å². The van der Waals surface area contributed by atoms with Gasteiger partial charge in [0.2, 0.25) is 5.91 Å². The molecule has 1 aromatic heterocycles. The standard InChI is InChI=1S/C21H13ClF3N3O/c22-16-9-19-18(8-15(16)21(23,24)25)28-20(29)10-17(27-19)13-4-1-3-12(7-13)14-5-2-6-26-11-14/h1-9,11H,10H2,(H,28,29). The maximum atomic E-state index is 13.1. The summed E-state index contributed by atoms with van der Waals surface area (Å²) >= 11 is 5.83. The van der Waals surface area contributed by atoms with E-state index in [9.17, 15) is 18.0 Å². The third kappa shape index (κ3) is 4.00. The Morgan fingerprint density at radius 2 is 1.76 bits per heavy atom. The predicted octanol–water partition coefficient (Wildman–Crippen LogP) is 5.88. The van der Waals surface area contributed by atoms with Gasteiger partial charge in [-0.1, -0.05) is 35.9 Å². The minimum absolute atomic E-state index is 0.0230. The van der Waals surface area contributed by atoms with Crippen molar-refractivity contribution in [1.82, 2.24) is 4.98 Å². The number of carbonyl (C=O) groups is 1. The van der Waals surface area contributed by atoms with Crippen LogP contribution in [0.4, 0.5) is 24.5 Å². The second-order valence-electron chi connectivity index (χ2n) is 6.45. The maximum absolute atomic E-state index is 13.1. The van der Waals surface area contributed by atoms with E-state index in [0.29, 0.717) is 11.3 Å². The molecule has 0 saturated heterocycles. The number of hydrogen-bond donors (Lipinski definition) is 1. The molecular formula is C21H13ClF3N3O. The monoisotopic (exact) mass is 415 g/mol. The Labute approximate surface area is 169 Å². The van der Waals surface area contributed by atoms with E-state index in [1.165, 1.54) is 0 Å². The first-order valence-corrected chi connectivity index (χ1v) is 8.98. The van der Waals surface area contributed by atoms with Crippen molar-refractivity contribution in [3.05, 3.63) is 77.1 Å². The van der Waals surface area contributed by atoms with Gasteiger partial charge in [0.1, 0.15) is 0 Å². The quantitative estimate of drug-likeness (QED) is 0.568. The Bertz CT molecular complexity index is 1130. The Morgan fingerprint density at radius 3 is 2.48 bits per heavy atom. The topological polar surface area (TPSA) is 54.4 Å². The summed E-state index contributed by atoms with van der Waals surface area (Å²) in [5.74, 6) is -0.454. The lowest BCUT2D eigenvalue weighted by Gasteiger charge is -2.12. The molecule has 0 spiro atoms. The van der Waals surface area contributed by atoms with E-state index >= 15 is 0 Å². The molecule has 146 valence electrons. The smallest absolute Gasteiger partial charge is 0.324 e. The number of halogens is 4. The van der Waals surface area contributed by atoms with E-state index in [1.54, 1.807) is 18.5 Å². The Kier molecular flexibility index (Phi) is 4.84.